The van der Waals surface area contributed by atoms with Crippen molar-refractivity contribution < 1.29 is 14.3 Å². The van der Waals surface area contributed by atoms with E-state index in [0.717, 1.165) is 24.6 Å². The van der Waals surface area contributed by atoms with Crippen LogP contribution in [0.4, 0.5) is 5.82 Å². The van der Waals surface area contributed by atoms with E-state index in [2.05, 4.69) is 25.2 Å². The third-order valence-corrected chi connectivity index (χ3v) is 3.84. The molecule has 0 unspecified atom stereocenters. The molecule has 0 spiro atoms. The van der Waals surface area contributed by atoms with Crippen LogP contribution in [0.25, 0.3) is 0 Å². The Morgan fingerprint density at radius 1 is 1.36 bits per heavy atom. The quantitative estimate of drug-likeness (QED) is 0.864. The van der Waals surface area contributed by atoms with Crippen LogP contribution < -0.4 is 15.0 Å². The first-order valence-electron chi connectivity index (χ1n) is 8.12. The number of nitrogens with zero attached hydrogens (tertiary/aromatic N) is 4. The zero-order chi connectivity index (χ0) is 17.6. The first-order chi connectivity index (χ1) is 12.2. The molecule has 25 heavy (non-hydrogen) atoms. The summed E-state index contributed by atoms with van der Waals surface area (Å²) in [7, 11) is 1.48. The minimum absolute atomic E-state index is 0.232. The van der Waals surface area contributed by atoms with Crippen LogP contribution in [0.3, 0.4) is 0 Å². The Bertz CT molecular complexity index is 747. The number of aromatic nitrogens is 3. The maximum absolute atomic E-state index is 12.4. The lowest BCUT2D eigenvalue weighted by Crippen LogP contribution is -2.37. The van der Waals surface area contributed by atoms with Crippen LogP contribution in [-0.2, 0) is 11.3 Å². The maximum Gasteiger partial charge on any atom is 0.257 e. The third-order valence-electron chi connectivity index (χ3n) is 3.84. The lowest BCUT2D eigenvalue weighted by atomic mass is 10.2. The topological polar surface area (TPSA) is 89.5 Å². The van der Waals surface area contributed by atoms with Crippen molar-refractivity contribution in [1.82, 2.24) is 20.3 Å². The van der Waals surface area contributed by atoms with Gasteiger partial charge < -0.3 is 19.7 Å². The highest BCUT2D eigenvalue weighted by atomic mass is 16.5. The molecular formula is C17H21N5O3. The van der Waals surface area contributed by atoms with Gasteiger partial charge in [0.15, 0.2) is 0 Å². The van der Waals surface area contributed by atoms with Crippen LogP contribution in [-0.4, -0.2) is 54.3 Å². The highest BCUT2D eigenvalue weighted by molar-refractivity contribution is 5.96. The Morgan fingerprint density at radius 2 is 2.16 bits per heavy atom. The van der Waals surface area contributed by atoms with Gasteiger partial charge in [0.05, 0.1) is 26.9 Å². The summed E-state index contributed by atoms with van der Waals surface area (Å²) in [6.07, 6.45) is 1.58. The molecule has 1 aliphatic rings. The van der Waals surface area contributed by atoms with Gasteiger partial charge >= 0.3 is 0 Å². The molecule has 2 aromatic rings. The van der Waals surface area contributed by atoms with E-state index in [-0.39, 0.29) is 12.5 Å². The summed E-state index contributed by atoms with van der Waals surface area (Å²) in [6.45, 7) is 5.13. The van der Waals surface area contributed by atoms with Crippen LogP contribution in [0.2, 0.25) is 0 Å². The Balaban J connectivity index is 1.70. The average Bonchev–Trinajstić information content (AvgIpc) is 2.66. The normalized spacial score (nSPS) is 14.2. The fraction of sp³-hybridized carbons (Fsp3) is 0.412. The molecule has 1 amide bonds. The van der Waals surface area contributed by atoms with Gasteiger partial charge in [0.1, 0.15) is 17.2 Å². The number of methoxy groups -OCH3 is 1. The van der Waals surface area contributed by atoms with Crippen molar-refractivity contribution in [1.29, 1.82) is 0 Å². The number of aryl methyl sites for hydroxylation is 1. The summed E-state index contributed by atoms with van der Waals surface area (Å²) in [5.74, 6) is 1.44. The highest BCUT2D eigenvalue weighted by Crippen LogP contribution is 2.15. The molecule has 2 aromatic heterocycles. The van der Waals surface area contributed by atoms with E-state index < -0.39 is 0 Å². The van der Waals surface area contributed by atoms with E-state index in [1.54, 1.807) is 18.3 Å². The smallest absolute Gasteiger partial charge is 0.257 e. The van der Waals surface area contributed by atoms with Gasteiger partial charge in [-0.1, -0.05) is 0 Å². The van der Waals surface area contributed by atoms with Gasteiger partial charge in [0, 0.05) is 31.0 Å². The molecule has 3 heterocycles. The van der Waals surface area contributed by atoms with E-state index in [4.69, 9.17) is 9.47 Å². The molecule has 1 fully saturated rings. The van der Waals surface area contributed by atoms with E-state index >= 15 is 0 Å². The highest BCUT2D eigenvalue weighted by Gasteiger charge is 2.16. The molecule has 132 valence electrons. The molecule has 1 saturated heterocycles. The van der Waals surface area contributed by atoms with Crippen molar-refractivity contribution in [2.75, 3.05) is 38.3 Å². The monoisotopic (exact) mass is 343 g/mol. The lowest BCUT2D eigenvalue weighted by molar-refractivity contribution is 0.0946. The zero-order valence-corrected chi connectivity index (χ0v) is 14.4. The molecule has 0 bridgehead atoms. The molecule has 3 rings (SSSR count). The van der Waals surface area contributed by atoms with Crippen molar-refractivity contribution in [3.63, 3.8) is 0 Å². The summed E-state index contributed by atoms with van der Waals surface area (Å²) in [6, 6.07) is 5.30. The summed E-state index contributed by atoms with van der Waals surface area (Å²) >= 11 is 0. The fourth-order valence-corrected chi connectivity index (χ4v) is 2.63. The average molecular weight is 343 g/mol. The Hall–Kier alpha value is -2.74. The number of hydrogen-bond donors (Lipinski definition) is 1. The van der Waals surface area contributed by atoms with Crippen molar-refractivity contribution >= 4 is 11.7 Å². The van der Waals surface area contributed by atoms with Crippen molar-refractivity contribution in [3.05, 3.63) is 41.5 Å². The van der Waals surface area contributed by atoms with Gasteiger partial charge in [-0.15, -0.1) is 0 Å². The molecule has 1 aliphatic heterocycles. The number of carbonyl (C=O) groups is 1. The standard InChI is InChI=1S/C17H21N5O3/c1-12-10-15(22-6-8-25-9-7-22)21-14(20-12)11-19-16(23)13-4-3-5-18-17(13)24-2/h3-5,10H,6-9,11H2,1-2H3,(H,19,23). The molecule has 0 saturated carbocycles. The van der Waals surface area contributed by atoms with Gasteiger partial charge in [-0.05, 0) is 19.1 Å². The van der Waals surface area contributed by atoms with E-state index in [0.29, 0.717) is 30.5 Å². The third kappa shape index (κ3) is 4.21. The SMILES string of the molecule is COc1ncccc1C(=O)NCc1nc(C)cc(N2CCOCC2)n1. The molecular weight excluding hydrogens is 322 g/mol. The summed E-state index contributed by atoms with van der Waals surface area (Å²) < 4.78 is 10.5. The van der Waals surface area contributed by atoms with Crippen LogP contribution >= 0.6 is 0 Å². The second-order valence-electron chi connectivity index (χ2n) is 5.63. The van der Waals surface area contributed by atoms with Crippen molar-refractivity contribution in [2.24, 2.45) is 0 Å². The number of amides is 1. The zero-order valence-electron chi connectivity index (χ0n) is 14.4. The van der Waals surface area contributed by atoms with Gasteiger partial charge in [-0.25, -0.2) is 15.0 Å². The van der Waals surface area contributed by atoms with E-state index in [1.165, 1.54) is 7.11 Å². The molecule has 0 aromatic carbocycles. The number of nitrogens with one attached hydrogen (secondary N) is 1. The minimum atomic E-state index is -0.275. The minimum Gasteiger partial charge on any atom is -0.480 e. The first-order valence-corrected chi connectivity index (χ1v) is 8.12. The molecule has 8 heteroatoms. The second kappa shape index (κ2) is 7.89. The molecule has 0 atom stereocenters. The largest absolute Gasteiger partial charge is 0.480 e. The van der Waals surface area contributed by atoms with E-state index in [1.807, 2.05) is 13.0 Å². The second-order valence-corrected chi connectivity index (χ2v) is 5.63. The summed E-state index contributed by atoms with van der Waals surface area (Å²) in [4.78, 5) is 27.5. The Morgan fingerprint density at radius 3 is 2.92 bits per heavy atom. The fourth-order valence-electron chi connectivity index (χ4n) is 2.63. The predicted octanol–water partition coefficient (Wildman–Crippen LogP) is 0.955. The number of rotatable bonds is 5. The maximum atomic E-state index is 12.4. The summed E-state index contributed by atoms with van der Waals surface area (Å²) in [5.41, 5.74) is 1.24. The van der Waals surface area contributed by atoms with Gasteiger partial charge in [-0.3, -0.25) is 4.79 Å². The number of ether oxygens (including phenoxy) is 2. The number of anilines is 1. The van der Waals surface area contributed by atoms with Crippen molar-refractivity contribution in [3.8, 4) is 5.88 Å². The van der Waals surface area contributed by atoms with Gasteiger partial charge in [0.25, 0.3) is 5.91 Å². The van der Waals surface area contributed by atoms with Crippen molar-refractivity contribution in [2.45, 2.75) is 13.5 Å². The molecule has 1 N–H and O–H groups in total. The van der Waals surface area contributed by atoms with Crippen LogP contribution in [0.15, 0.2) is 24.4 Å². The summed E-state index contributed by atoms with van der Waals surface area (Å²) in [5, 5.41) is 2.82. The predicted molar refractivity (Wildman–Crippen MR) is 91.8 cm³/mol. The Kier molecular flexibility index (Phi) is 5.39. The van der Waals surface area contributed by atoms with Crippen LogP contribution in [0.1, 0.15) is 21.9 Å². The molecule has 0 aliphatic carbocycles. The van der Waals surface area contributed by atoms with Crippen LogP contribution in [0.5, 0.6) is 5.88 Å². The lowest BCUT2D eigenvalue weighted by Gasteiger charge is -2.28. The number of hydrogen-bond acceptors (Lipinski definition) is 7. The first kappa shape index (κ1) is 17.1. The molecule has 0 radical (unpaired) electrons. The van der Waals surface area contributed by atoms with Crippen LogP contribution in [0, 0.1) is 6.92 Å². The number of carbonyl (C=O) groups excluding carboxylic acids is 1. The van der Waals surface area contributed by atoms with Gasteiger partial charge in [0.2, 0.25) is 5.88 Å². The number of pyridine rings is 1. The van der Waals surface area contributed by atoms with Gasteiger partial charge in [-0.2, -0.15) is 0 Å². The molecule has 8 nitrogen and oxygen atoms in total. The number of morpholine rings is 1. The Labute approximate surface area is 146 Å². The van der Waals surface area contributed by atoms with E-state index in [9.17, 15) is 4.79 Å².